The summed E-state index contributed by atoms with van der Waals surface area (Å²) in [4.78, 5) is 25.6. The number of carbonyl (C=O) groups excluding carboxylic acids is 2. The van der Waals surface area contributed by atoms with Crippen molar-refractivity contribution in [3.63, 3.8) is 0 Å². The van der Waals surface area contributed by atoms with Crippen LogP contribution in [0.4, 0.5) is 0 Å². The van der Waals surface area contributed by atoms with Crippen LogP contribution >= 0.6 is 23.2 Å². The summed E-state index contributed by atoms with van der Waals surface area (Å²) < 4.78 is 5.66. The molecule has 0 bridgehead atoms. The van der Waals surface area contributed by atoms with Crippen LogP contribution in [0.1, 0.15) is 32.8 Å². The summed E-state index contributed by atoms with van der Waals surface area (Å²) >= 11 is 12.0. The minimum absolute atomic E-state index is 0.167. The topological polar surface area (TPSA) is 79.8 Å². The second kappa shape index (κ2) is 11.9. The molecule has 0 aliphatic rings. The standard InChI is InChI=1S/C26H27Cl2N3O3/c1-16(2)13-23(30-25(32)17(3)34-24-12-11-20(27)14-22(24)28)26(33)31-29-15-19-9-6-8-18-7-4-5-10-21(18)19/h4-12,14-17,23H,13H2,1-3H3,(H,30,32)(H,31,33)/b29-15-/t17-,23+/m1/s1. The number of hydrogen-bond donors (Lipinski definition) is 2. The molecule has 0 unspecified atom stereocenters. The lowest BCUT2D eigenvalue weighted by Crippen LogP contribution is -2.49. The van der Waals surface area contributed by atoms with Crippen LogP contribution in [0.3, 0.4) is 0 Å². The van der Waals surface area contributed by atoms with Crippen molar-refractivity contribution < 1.29 is 14.3 Å². The third-order valence-corrected chi connectivity index (χ3v) is 5.64. The average molecular weight is 500 g/mol. The first-order chi connectivity index (χ1) is 16.2. The molecule has 2 amide bonds. The van der Waals surface area contributed by atoms with E-state index in [1.807, 2.05) is 56.3 Å². The van der Waals surface area contributed by atoms with E-state index in [2.05, 4.69) is 15.8 Å². The molecule has 2 N–H and O–H groups in total. The normalized spacial score (nSPS) is 13.1. The summed E-state index contributed by atoms with van der Waals surface area (Å²) in [5, 5.41) is 9.75. The number of hydrogen-bond acceptors (Lipinski definition) is 4. The van der Waals surface area contributed by atoms with Crippen molar-refractivity contribution in [1.82, 2.24) is 10.7 Å². The molecule has 0 aromatic heterocycles. The van der Waals surface area contributed by atoms with Crippen molar-refractivity contribution in [3.05, 3.63) is 76.3 Å². The monoisotopic (exact) mass is 499 g/mol. The Morgan fingerprint density at radius 1 is 1.00 bits per heavy atom. The Bertz CT molecular complexity index is 1190. The molecule has 0 aliphatic carbocycles. The maximum absolute atomic E-state index is 12.8. The highest BCUT2D eigenvalue weighted by atomic mass is 35.5. The zero-order valence-corrected chi connectivity index (χ0v) is 20.7. The minimum atomic E-state index is -0.875. The van der Waals surface area contributed by atoms with Gasteiger partial charge in [-0.15, -0.1) is 0 Å². The summed E-state index contributed by atoms with van der Waals surface area (Å²) in [5.41, 5.74) is 3.43. The van der Waals surface area contributed by atoms with Crippen LogP contribution in [0.2, 0.25) is 10.0 Å². The summed E-state index contributed by atoms with van der Waals surface area (Å²) in [7, 11) is 0. The third kappa shape index (κ3) is 6.95. The zero-order valence-electron chi connectivity index (χ0n) is 19.2. The molecule has 6 nitrogen and oxygen atoms in total. The van der Waals surface area contributed by atoms with E-state index in [9.17, 15) is 9.59 Å². The Hall–Kier alpha value is -3.09. The molecule has 0 saturated carbocycles. The molecule has 3 aromatic rings. The van der Waals surface area contributed by atoms with Gasteiger partial charge in [-0.25, -0.2) is 5.43 Å². The maximum Gasteiger partial charge on any atom is 0.262 e. The van der Waals surface area contributed by atoms with Gasteiger partial charge < -0.3 is 10.1 Å². The van der Waals surface area contributed by atoms with Crippen LogP contribution in [-0.2, 0) is 9.59 Å². The molecule has 0 saturated heterocycles. The van der Waals surface area contributed by atoms with Crippen LogP contribution in [-0.4, -0.2) is 30.2 Å². The molecule has 34 heavy (non-hydrogen) atoms. The Morgan fingerprint density at radius 3 is 2.47 bits per heavy atom. The van der Waals surface area contributed by atoms with Crippen LogP contribution in [0.15, 0.2) is 65.8 Å². The first-order valence-corrected chi connectivity index (χ1v) is 11.7. The molecule has 3 aromatic carbocycles. The fourth-order valence-corrected chi connectivity index (χ4v) is 3.87. The van der Waals surface area contributed by atoms with Crippen LogP contribution in [0.25, 0.3) is 10.8 Å². The molecular weight excluding hydrogens is 473 g/mol. The minimum Gasteiger partial charge on any atom is -0.479 e. The first kappa shape index (κ1) is 25.5. The molecule has 0 spiro atoms. The largest absolute Gasteiger partial charge is 0.479 e. The lowest BCUT2D eigenvalue weighted by atomic mass is 10.0. The molecule has 3 rings (SSSR count). The molecule has 0 heterocycles. The second-order valence-electron chi connectivity index (χ2n) is 8.33. The van der Waals surface area contributed by atoms with Gasteiger partial charge in [-0.2, -0.15) is 5.10 Å². The SMILES string of the molecule is CC(C)C[C@H](NC(=O)[C@@H](C)Oc1ccc(Cl)cc1Cl)C(=O)N/N=C\c1cccc2ccccc12. The van der Waals surface area contributed by atoms with E-state index in [4.69, 9.17) is 27.9 Å². The highest BCUT2D eigenvalue weighted by molar-refractivity contribution is 6.35. The van der Waals surface area contributed by atoms with Gasteiger partial charge >= 0.3 is 0 Å². The van der Waals surface area contributed by atoms with Crippen molar-refractivity contribution in [2.75, 3.05) is 0 Å². The number of carbonyl (C=O) groups is 2. The van der Waals surface area contributed by atoms with Gasteiger partial charge in [0.1, 0.15) is 11.8 Å². The number of nitrogens with one attached hydrogen (secondary N) is 2. The van der Waals surface area contributed by atoms with Crippen LogP contribution in [0, 0.1) is 5.92 Å². The molecule has 0 aliphatic heterocycles. The van der Waals surface area contributed by atoms with Gasteiger partial charge in [0.2, 0.25) is 0 Å². The van der Waals surface area contributed by atoms with Crippen molar-refractivity contribution >= 4 is 52.0 Å². The quantitative estimate of drug-likeness (QED) is 0.297. The van der Waals surface area contributed by atoms with Gasteiger partial charge in [-0.05, 0) is 48.2 Å². The highest BCUT2D eigenvalue weighted by Gasteiger charge is 2.25. The lowest BCUT2D eigenvalue weighted by Gasteiger charge is -2.22. The zero-order chi connectivity index (χ0) is 24.7. The van der Waals surface area contributed by atoms with Gasteiger partial charge in [0.25, 0.3) is 11.8 Å². The van der Waals surface area contributed by atoms with Gasteiger partial charge in [0.15, 0.2) is 6.10 Å². The molecule has 178 valence electrons. The number of hydrazone groups is 1. The van der Waals surface area contributed by atoms with Gasteiger partial charge in [0, 0.05) is 10.6 Å². The Balaban J connectivity index is 1.65. The van der Waals surface area contributed by atoms with Crippen LogP contribution in [0.5, 0.6) is 5.75 Å². The summed E-state index contributed by atoms with van der Waals surface area (Å²) in [6.45, 7) is 5.53. The van der Waals surface area contributed by atoms with Gasteiger partial charge in [0.05, 0.1) is 11.2 Å². The van der Waals surface area contributed by atoms with Crippen molar-refractivity contribution in [2.45, 2.75) is 39.3 Å². The molecule has 8 heteroatoms. The molecule has 0 radical (unpaired) electrons. The van der Waals surface area contributed by atoms with Crippen LogP contribution < -0.4 is 15.5 Å². The number of nitrogens with zero attached hydrogens (tertiary/aromatic N) is 1. The fraction of sp³-hybridized carbons (Fsp3) is 0.269. The first-order valence-electron chi connectivity index (χ1n) is 11.0. The van der Waals surface area contributed by atoms with Crippen molar-refractivity contribution in [3.8, 4) is 5.75 Å². The fourth-order valence-electron chi connectivity index (χ4n) is 3.41. The predicted octanol–water partition coefficient (Wildman–Crippen LogP) is 5.60. The number of benzene rings is 3. The average Bonchev–Trinajstić information content (AvgIpc) is 2.80. The van der Waals surface area contributed by atoms with Crippen molar-refractivity contribution in [2.24, 2.45) is 11.0 Å². The van der Waals surface area contributed by atoms with Crippen molar-refractivity contribution in [1.29, 1.82) is 0 Å². The summed E-state index contributed by atoms with van der Waals surface area (Å²) in [6.07, 6.45) is 1.17. The predicted molar refractivity (Wildman–Crippen MR) is 138 cm³/mol. The van der Waals surface area contributed by atoms with E-state index in [0.29, 0.717) is 22.2 Å². The third-order valence-electron chi connectivity index (χ3n) is 5.11. The summed E-state index contributed by atoms with van der Waals surface area (Å²) in [5.74, 6) is -0.349. The Kier molecular flexibility index (Phi) is 8.91. The van der Waals surface area contributed by atoms with E-state index >= 15 is 0 Å². The smallest absolute Gasteiger partial charge is 0.262 e. The summed E-state index contributed by atoms with van der Waals surface area (Å²) in [6, 6.07) is 17.8. The highest BCUT2D eigenvalue weighted by Crippen LogP contribution is 2.28. The van der Waals surface area contributed by atoms with E-state index in [0.717, 1.165) is 16.3 Å². The van der Waals surface area contributed by atoms with E-state index in [1.54, 1.807) is 25.3 Å². The maximum atomic E-state index is 12.8. The van der Waals surface area contributed by atoms with Gasteiger partial charge in [-0.3, -0.25) is 9.59 Å². The lowest BCUT2D eigenvalue weighted by molar-refractivity contribution is -0.132. The molecule has 2 atom stereocenters. The Labute approximate surface area is 209 Å². The number of rotatable bonds is 9. The molecular formula is C26H27Cl2N3O3. The van der Waals surface area contributed by atoms with Gasteiger partial charge in [-0.1, -0.05) is 79.5 Å². The van der Waals surface area contributed by atoms with E-state index < -0.39 is 24.0 Å². The Morgan fingerprint density at radius 2 is 1.74 bits per heavy atom. The number of halogens is 2. The number of amides is 2. The second-order valence-corrected chi connectivity index (χ2v) is 9.17. The number of ether oxygens (including phenoxy) is 1. The molecule has 0 fully saturated rings. The number of fused-ring (bicyclic) bond motifs is 1. The van der Waals surface area contributed by atoms with E-state index in [1.165, 1.54) is 6.07 Å². The van der Waals surface area contributed by atoms with E-state index in [-0.39, 0.29) is 5.92 Å².